The van der Waals surface area contributed by atoms with Crippen molar-refractivity contribution in [1.29, 1.82) is 0 Å². The Morgan fingerprint density at radius 1 is 0.810 bits per heavy atom. The van der Waals surface area contributed by atoms with E-state index < -0.39 is 0 Å². The predicted octanol–water partition coefficient (Wildman–Crippen LogP) is 5.52. The van der Waals surface area contributed by atoms with Crippen LogP contribution >= 0.6 is 41.2 Å². The largest absolute Gasteiger partial charge is 0.175 e. The summed E-state index contributed by atoms with van der Waals surface area (Å²) in [4.78, 5) is 0. The third-order valence-corrected chi connectivity index (χ3v) is 6.44. The molecule has 1 saturated carbocycles. The van der Waals surface area contributed by atoms with Crippen LogP contribution in [-0.2, 0) is 5.41 Å². The molecule has 0 spiro atoms. The van der Waals surface area contributed by atoms with E-state index in [0.29, 0.717) is 0 Å². The summed E-state index contributed by atoms with van der Waals surface area (Å²) in [5, 5.41) is 0.578. The summed E-state index contributed by atoms with van der Waals surface area (Å²) < 4.78 is 1.11. The highest BCUT2D eigenvalue weighted by molar-refractivity contribution is 9.10. The van der Waals surface area contributed by atoms with Gasteiger partial charge in [0.1, 0.15) is 0 Å². The second-order valence-electron chi connectivity index (χ2n) is 5.70. The van der Waals surface area contributed by atoms with Gasteiger partial charge in [-0.1, -0.05) is 64.8 Å². The highest BCUT2D eigenvalue weighted by Gasteiger charge is 2.47. The number of hydrogen-bond donors (Lipinski definition) is 2. The van der Waals surface area contributed by atoms with Gasteiger partial charge in [-0.2, -0.15) is 25.3 Å². The molecule has 1 aliphatic rings. The van der Waals surface area contributed by atoms with Gasteiger partial charge in [0.15, 0.2) is 0 Å². The van der Waals surface area contributed by atoms with Gasteiger partial charge in [0.25, 0.3) is 0 Å². The molecule has 0 aromatic heterocycles. The van der Waals surface area contributed by atoms with E-state index in [1.165, 1.54) is 17.5 Å². The fourth-order valence-corrected chi connectivity index (χ4v) is 5.26. The van der Waals surface area contributed by atoms with E-state index in [1.807, 2.05) is 0 Å². The van der Waals surface area contributed by atoms with Gasteiger partial charge in [-0.25, -0.2) is 0 Å². The van der Waals surface area contributed by atoms with Crippen LogP contribution < -0.4 is 0 Å². The maximum Gasteiger partial charge on any atom is 0.0434 e. The number of thiol groups is 2. The zero-order valence-corrected chi connectivity index (χ0v) is 15.1. The molecule has 0 aliphatic heterocycles. The minimum absolute atomic E-state index is 0.119. The highest BCUT2D eigenvalue weighted by Crippen LogP contribution is 2.49. The molecule has 2 unspecified atom stereocenters. The monoisotopic (exact) mass is 378 g/mol. The first kappa shape index (κ1) is 15.5. The molecule has 3 rings (SSSR count). The summed E-state index contributed by atoms with van der Waals surface area (Å²) in [7, 11) is 0. The minimum atomic E-state index is -0.119. The molecule has 2 aromatic carbocycles. The van der Waals surface area contributed by atoms with Crippen LogP contribution in [0.3, 0.4) is 0 Å². The molecule has 0 radical (unpaired) electrons. The molecule has 0 amide bonds. The standard InChI is InChI=1S/C18H19BrS2/c19-15-11-9-14(10-12-15)18(13-5-2-1-3-6-13)16(20)7-4-8-17(18)21/h1-3,5-6,9-12,16-17,20-21H,4,7-8H2. The molecular formula is C18H19BrS2. The molecule has 3 heteroatoms. The van der Waals surface area contributed by atoms with Crippen molar-refractivity contribution < 1.29 is 0 Å². The molecule has 0 bridgehead atoms. The summed E-state index contributed by atoms with van der Waals surface area (Å²) in [6.07, 6.45) is 3.46. The smallest absolute Gasteiger partial charge is 0.0434 e. The summed E-state index contributed by atoms with van der Waals surface area (Å²) >= 11 is 13.5. The second-order valence-corrected chi connectivity index (χ2v) is 7.87. The first-order valence-corrected chi connectivity index (χ1v) is 9.16. The van der Waals surface area contributed by atoms with Crippen LogP contribution in [0.5, 0.6) is 0 Å². The lowest BCUT2D eigenvalue weighted by Gasteiger charge is -2.47. The van der Waals surface area contributed by atoms with Crippen molar-refractivity contribution >= 4 is 41.2 Å². The Morgan fingerprint density at radius 2 is 1.33 bits per heavy atom. The highest BCUT2D eigenvalue weighted by atomic mass is 79.9. The summed E-state index contributed by atoms with van der Waals surface area (Å²) in [5.74, 6) is 0. The lowest BCUT2D eigenvalue weighted by Crippen LogP contribution is -2.48. The Bertz CT molecular complexity index is 584. The maximum atomic E-state index is 4.99. The molecule has 2 aromatic rings. The van der Waals surface area contributed by atoms with Crippen molar-refractivity contribution in [1.82, 2.24) is 0 Å². The maximum absolute atomic E-state index is 4.99. The molecule has 21 heavy (non-hydrogen) atoms. The third kappa shape index (κ3) is 2.69. The fourth-order valence-electron chi connectivity index (χ4n) is 3.56. The molecule has 0 N–H and O–H groups in total. The topological polar surface area (TPSA) is 0 Å². The van der Waals surface area contributed by atoms with Gasteiger partial charge in [0.2, 0.25) is 0 Å². The number of rotatable bonds is 2. The van der Waals surface area contributed by atoms with Crippen molar-refractivity contribution in [3.05, 3.63) is 70.2 Å². The zero-order chi connectivity index (χ0) is 14.9. The van der Waals surface area contributed by atoms with Crippen LogP contribution in [0.15, 0.2) is 59.1 Å². The van der Waals surface area contributed by atoms with Gasteiger partial charge < -0.3 is 0 Å². The van der Waals surface area contributed by atoms with Crippen LogP contribution in [0, 0.1) is 0 Å². The zero-order valence-electron chi connectivity index (χ0n) is 11.7. The first-order chi connectivity index (χ1) is 10.2. The summed E-state index contributed by atoms with van der Waals surface area (Å²) in [6, 6.07) is 19.4. The van der Waals surface area contributed by atoms with E-state index in [-0.39, 0.29) is 15.9 Å². The SMILES string of the molecule is SC1CCCC(S)C1(c1ccccc1)c1ccc(Br)cc1. The molecular weight excluding hydrogens is 360 g/mol. The molecule has 2 atom stereocenters. The van der Waals surface area contributed by atoms with Crippen LogP contribution in [-0.4, -0.2) is 10.5 Å². The minimum Gasteiger partial charge on any atom is -0.175 e. The first-order valence-electron chi connectivity index (χ1n) is 7.33. The Labute approximate surface area is 146 Å². The van der Waals surface area contributed by atoms with Crippen molar-refractivity contribution in [2.75, 3.05) is 0 Å². The predicted molar refractivity (Wildman–Crippen MR) is 101 cm³/mol. The average molecular weight is 379 g/mol. The molecule has 110 valence electrons. The van der Waals surface area contributed by atoms with E-state index >= 15 is 0 Å². The lowest BCUT2D eigenvalue weighted by molar-refractivity contribution is 0.374. The Balaban J connectivity index is 2.21. The molecule has 0 heterocycles. The number of halogens is 1. The van der Waals surface area contributed by atoms with Gasteiger partial charge >= 0.3 is 0 Å². The van der Waals surface area contributed by atoms with Crippen molar-refractivity contribution in [2.45, 2.75) is 35.2 Å². The van der Waals surface area contributed by atoms with Crippen LogP contribution in [0.1, 0.15) is 30.4 Å². The molecule has 0 saturated heterocycles. The van der Waals surface area contributed by atoms with Crippen molar-refractivity contribution in [3.63, 3.8) is 0 Å². The van der Waals surface area contributed by atoms with Gasteiger partial charge in [0.05, 0.1) is 0 Å². The second kappa shape index (κ2) is 6.39. The normalized spacial score (nSPS) is 29.3. The van der Waals surface area contributed by atoms with E-state index in [2.05, 4.69) is 70.5 Å². The lowest BCUT2D eigenvalue weighted by atomic mass is 9.64. The third-order valence-electron chi connectivity index (χ3n) is 4.58. The quantitative estimate of drug-likeness (QED) is 0.631. The van der Waals surface area contributed by atoms with Gasteiger partial charge in [-0.3, -0.25) is 0 Å². The summed E-state index contributed by atoms with van der Waals surface area (Å²) in [6.45, 7) is 0. The van der Waals surface area contributed by atoms with Crippen LogP contribution in [0.4, 0.5) is 0 Å². The van der Waals surface area contributed by atoms with E-state index in [9.17, 15) is 0 Å². The number of hydrogen-bond acceptors (Lipinski definition) is 2. The Hall–Kier alpha value is -0.380. The molecule has 1 fully saturated rings. The van der Waals surface area contributed by atoms with E-state index in [0.717, 1.165) is 17.3 Å². The van der Waals surface area contributed by atoms with Crippen molar-refractivity contribution in [2.24, 2.45) is 0 Å². The van der Waals surface area contributed by atoms with Gasteiger partial charge in [0, 0.05) is 20.4 Å². The van der Waals surface area contributed by atoms with Crippen LogP contribution in [0.25, 0.3) is 0 Å². The number of benzene rings is 2. The fraction of sp³-hybridized carbons (Fsp3) is 0.333. The van der Waals surface area contributed by atoms with Gasteiger partial charge in [-0.15, -0.1) is 0 Å². The van der Waals surface area contributed by atoms with E-state index in [4.69, 9.17) is 25.3 Å². The summed E-state index contributed by atoms with van der Waals surface area (Å²) in [5.41, 5.74) is 2.52. The van der Waals surface area contributed by atoms with E-state index in [1.54, 1.807) is 0 Å². The Kier molecular flexibility index (Phi) is 4.72. The molecule has 0 nitrogen and oxygen atoms in total. The van der Waals surface area contributed by atoms with Gasteiger partial charge in [-0.05, 0) is 36.1 Å². The van der Waals surface area contributed by atoms with Crippen LogP contribution in [0.2, 0.25) is 0 Å². The molecule has 1 aliphatic carbocycles. The average Bonchev–Trinajstić information content (AvgIpc) is 2.50. The van der Waals surface area contributed by atoms with Crippen molar-refractivity contribution in [3.8, 4) is 0 Å². The Morgan fingerprint density at radius 3 is 1.90 bits per heavy atom.